The summed E-state index contributed by atoms with van der Waals surface area (Å²) in [4.78, 5) is 41.9. The lowest BCUT2D eigenvalue weighted by atomic mass is 10.2. The second kappa shape index (κ2) is 8.03. The molecule has 3 heterocycles. The van der Waals surface area contributed by atoms with E-state index in [2.05, 4.69) is 20.2 Å². The largest absolute Gasteiger partial charge is 0.411 e. The number of benzene rings is 1. The van der Waals surface area contributed by atoms with E-state index in [1.54, 1.807) is 6.20 Å². The monoisotopic (exact) mass is 426 g/mol. The lowest BCUT2D eigenvalue weighted by Crippen LogP contribution is -2.36. The zero-order chi connectivity index (χ0) is 21.3. The number of aromatic nitrogens is 5. The van der Waals surface area contributed by atoms with E-state index >= 15 is 0 Å². The molecule has 0 aliphatic heterocycles. The van der Waals surface area contributed by atoms with Crippen LogP contribution in [-0.2, 0) is 6.54 Å². The van der Waals surface area contributed by atoms with Crippen LogP contribution in [-0.4, -0.2) is 36.3 Å². The summed E-state index contributed by atoms with van der Waals surface area (Å²) in [5, 5.41) is 9.11. The maximum Gasteiger partial charge on any atom is 0.329 e. The van der Waals surface area contributed by atoms with Crippen LogP contribution >= 0.6 is 11.8 Å². The van der Waals surface area contributed by atoms with Crippen LogP contribution in [0.25, 0.3) is 22.4 Å². The van der Waals surface area contributed by atoms with E-state index in [4.69, 9.17) is 10.2 Å². The molecule has 0 saturated heterocycles. The predicted octanol–water partition coefficient (Wildman–Crippen LogP) is 2.04. The van der Waals surface area contributed by atoms with Crippen LogP contribution in [0, 0.1) is 0 Å². The molecule has 0 aliphatic carbocycles. The van der Waals surface area contributed by atoms with Crippen molar-refractivity contribution in [2.75, 3.05) is 11.5 Å². The quantitative estimate of drug-likeness (QED) is 0.300. The molecule has 3 aromatic heterocycles. The molecule has 30 heavy (non-hydrogen) atoms. The molecule has 0 fully saturated rings. The van der Waals surface area contributed by atoms with Gasteiger partial charge in [0.15, 0.2) is 5.78 Å². The number of aromatic amines is 2. The molecule has 4 aromatic rings. The molecule has 0 radical (unpaired) electrons. The van der Waals surface area contributed by atoms with Crippen molar-refractivity contribution in [3.8, 4) is 11.5 Å². The lowest BCUT2D eigenvalue weighted by molar-refractivity contribution is 0.102. The molecule has 4 rings (SSSR count). The molecule has 0 amide bonds. The number of ketones is 1. The van der Waals surface area contributed by atoms with E-state index in [0.29, 0.717) is 18.9 Å². The van der Waals surface area contributed by atoms with Crippen LogP contribution in [0.3, 0.4) is 0 Å². The van der Waals surface area contributed by atoms with Gasteiger partial charge in [0.1, 0.15) is 11.4 Å². The predicted molar refractivity (Wildman–Crippen MR) is 113 cm³/mol. The summed E-state index contributed by atoms with van der Waals surface area (Å²) in [6.07, 6.45) is 2.39. The number of fused-ring (bicyclic) bond motifs is 1. The topological polar surface area (TPSA) is 153 Å². The van der Waals surface area contributed by atoms with E-state index in [1.165, 1.54) is 4.57 Å². The Kier molecular flexibility index (Phi) is 5.27. The number of para-hydroxylation sites is 1. The van der Waals surface area contributed by atoms with Gasteiger partial charge in [0.2, 0.25) is 0 Å². The molecule has 10 nitrogen and oxygen atoms in total. The summed E-state index contributed by atoms with van der Waals surface area (Å²) in [6.45, 7) is 2.15. The number of thioether (sulfide) groups is 1. The summed E-state index contributed by atoms with van der Waals surface area (Å²) in [6, 6.07) is 7.69. The Labute approximate surface area is 173 Å². The minimum atomic E-state index is -0.805. The fourth-order valence-electron chi connectivity index (χ4n) is 3.13. The molecule has 0 saturated carbocycles. The van der Waals surface area contributed by atoms with Crippen molar-refractivity contribution in [1.29, 1.82) is 0 Å². The number of rotatable bonds is 7. The summed E-state index contributed by atoms with van der Waals surface area (Å²) in [7, 11) is 0. The van der Waals surface area contributed by atoms with E-state index in [-0.39, 0.29) is 22.4 Å². The van der Waals surface area contributed by atoms with Crippen LogP contribution in [0.15, 0.2) is 49.7 Å². The highest BCUT2D eigenvalue weighted by molar-refractivity contribution is 7.99. The standard InChI is InChI=1S/C19H18N6O4S/c1-2-7-25-15(20)14(16(27)22-18(25)28)13(26)9-30-19-24-23-17(29-19)11-8-21-12-6-4-3-5-10(11)12/h3-6,8,21H,2,7,9,20H2,1H3,(H,22,27,28). The van der Waals surface area contributed by atoms with Gasteiger partial charge in [-0.25, -0.2) is 4.79 Å². The third-order valence-electron chi connectivity index (χ3n) is 4.52. The number of nitrogens with two attached hydrogens (primary N) is 1. The maximum atomic E-state index is 12.6. The Hall–Kier alpha value is -3.60. The molecule has 0 unspecified atom stereocenters. The minimum absolute atomic E-state index is 0.138. The number of carbonyl (C=O) groups excluding carboxylic acids is 1. The fraction of sp³-hybridized carbons (Fsp3) is 0.211. The van der Waals surface area contributed by atoms with Crippen molar-refractivity contribution in [2.24, 2.45) is 0 Å². The van der Waals surface area contributed by atoms with Crippen molar-refractivity contribution >= 4 is 34.3 Å². The number of Topliss-reactive ketones (excluding diaryl/α,β-unsaturated/α-hetero) is 1. The number of hydrogen-bond donors (Lipinski definition) is 3. The third kappa shape index (κ3) is 3.54. The molecule has 0 atom stereocenters. The van der Waals surface area contributed by atoms with Gasteiger partial charge in [-0.2, -0.15) is 0 Å². The number of nitrogens with one attached hydrogen (secondary N) is 2. The first kappa shape index (κ1) is 19.7. The molecular formula is C19H18N6O4S. The molecule has 4 N–H and O–H groups in total. The molecule has 0 bridgehead atoms. The lowest BCUT2D eigenvalue weighted by Gasteiger charge is -2.10. The highest BCUT2D eigenvalue weighted by atomic mass is 32.2. The smallest absolute Gasteiger partial charge is 0.329 e. The van der Waals surface area contributed by atoms with Gasteiger partial charge in [-0.3, -0.25) is 19.1 Å². The van der Waals surface area contributed by atoms with E-state index in [0.717, 1.165) is 28.2 Å². The second-order valence-corrected chi connectivity index (χ2v) is 7.43. The van der Waals surface area contributed by atoms with Crippen LogP contribution < -0.4 is 17.0 Å². The zero-order valence-electron chi connectivity index (χ0n) is 16.0. The minimum Gasteiger partial charge on any atom is -0.411 e. The summed E-state index contributed by atoms with van der Waals surface area (Å²) < 4.78 is 6.84. The van der Waals surface area contributed by atoms with Gasteiger partial charge in [0.05, 0.1) is 11.3 Å². The Balaban J connectivity index is 1.54. The van der Waals surface area contributed by atoms with Crippen molar-refractivity contribution in [2.45, 2.75) is 25.1 Å². The number of H-pyrrole nitrogens is 2. The highest BCUT2D eigenvalue weighted by Crippen LogP contribution is 2.29. The van der Waals surface area contributed by atoms with Crippen molar-refractivity contribution in [3.63, 3.8) is 0 Å². The third-order valence-corrected chi connectivity index (χ3v) is 5.34. The van der Waals surface area contributed by atoms with Gasteiger partial charge in [-0.15, -0.1) is 10.2 Å². The van der Waals surface area contributed by atoms with Gasteiger partial charge in [0.25, 0.3) is 16.7 Å². The Morgan fingerprint density at radius 2 is 2.07 bits per heavy atom. The first-order chi connectivity index (χ1) is 14.5. The van der Waals surface area contributed by atoms with E-state index in [1.807, 2.05) is 31.2 Å². The van der Waals surface area contributed by atoms with Crippen LogP contribution in [0.2, 0.25) is 0 Å². The summed E-state index contributed by atoms with van der Waals surface area (Å²) in [5.41, 5.74) is 5.93. The average Bonchev–Trinajstić information content (AvgIpc) is 3.36. The zero-order valence-corrected chi connectivity index (χ0v) is 16.8. The Morgan fingerprint density at radius 1 is 1.27 bits per heavy atom. The SMILES string of the molecule is CCCn1c(N)c(C(=O)CSc2nnc(-c3c[nH]c4ccccc34)o2)c(=O)[nH]c1=O. The number of nitrogen functional groups attached to an aromatic ring is 1. The second-order valence-electron chi connectivity index (χ2n) is 6.50. The Bertz CT molecular complexity index is 1350. The molecule has 0 aliphatic rings. The number of hydrogen-bond acceptors (Lipinski definition) is 8. The normalized spacial score (nSPS) is 11.2. The average molecular weight is 426 g/mol. The first-order valence-corrected chi connectivity index (χ1v) is 10.2. The molecule has 154 valence electrons. The van der Waals surface area contributed by atoms with Crippen molar-refractivity contribution in [1.82, 2.24) is 24.7 Å². The molecule has 11 heteroatoms. The van der Waals surface area contributed by atoms with Crippen LogP contribution in [0.1, 0.15) is 23.7 Å². The van der Waals surface area contributed by atoms with E-state index < -0.39 is 17.0 Å². The summed E-state index contributed by atoms with van der Waals surface area (Å²) >= 11 is 0.992. The highest BCUT2D eigenvalue weighted by Gasteiger charge is 2.21. The number of anilines is 1. The Morgan fingerprint density at radius 3 is 2.87 bits per heavy atom. The van der Waals surface area contributed by atoms with Gasteiger partial charge in [-0.05, 0) is 12.5 Å². The summed E-state index contributed by atoms with van der Waals surface area (Å²) in [5.74, 6) is -0.499. The van der Waals surface area contributed by atoms with Crippen LogP contribution in [0.4, 0.5) is 5.82 Å². The fourth-order valence-corrected chi connectivity index (χ4v) is 3.76. The number of nitrogens with zero attached hydrogens (tertiary/aromatic N) is 3. The van der Waals surface area contributed by atoms with Gasteiger partial charge >= 0.3 is 5.69 Å². The first-order valence-electron chi connectivity index (χ1n) is 9.18. The van der Waals surface area contributed by atoms with Crippen molar-refractivity contribution < 1.29 is 9.21 Å². The molecular weight excluding hydrogens is 408 g/mol. The van der Waals surface area contributed by atoms with Gasteiger partial charge < -0.3 is 15.1 Å². The van der Waals surface area contributed by atoms with E-state index in [9.17, 15) is 14.4 Å². The van der Waals surface area contributed by atoms with Crippen LogP contribution in [0.5, 0.6) is 0 Å². The van der Waals surface area contributed by atoms with Gasteiger partial charge in [-0.1, -0.05) is 36.9 Å². The molecule has 0 spiro atoms. The number of carbonyl (C=O) groups is 1. The van der Waals surface area contributed by atoms with Gasteiger partial charge in [0, 0.05) is 23.6 Å². The molecule has 1 aromatic carbocycles. The van der Waals surface area contributed by atoms with Crippen molar-refractivity contribution in [3.05, 3.63) is 56.9 Å². The maximum absolute atomic E-state index is 12.6.